The standard InChI is InChI=1S/C19H24N2/c1-13(2)14-5-6-19-17(11-14)18(12-20-19)15-7-9-21-8-3-4-16(21)10-15/h5-7,11-13,16,20H,3-4,8-10H2,1-2H3/t16-/m1/s1. The van der Waals surface area contributed by atoms with E-state index < -0.39 is 0 Å². The van der Waals surface area contributed by atoms with Gasteiger partial charge in [-0.25, -0.2) is 0 Å². The first kappa shape index (κ1) is 13.1. The van der Waals surface area contributed by atoms with Gasteiger partial charge in [0.2, 0.25) is 0 Å². The second kappa shape index (κ2) is 5.03. The maximum atomic E-state index is 3.46. The van der Waals surface area contributed by atoms with Crippen molar-refractivity contribution in [3.05, 3.63) is 41.6 Å². The third-order valence-electron chi connectivity index (χ3n) is 5.25. The van der Waals surface area contributed by atoms with Gasteiger partial charge in [0.05, 0.1) is 0 Å². The molecule has 2 heteroatoms. The summed E-state index contributed by atoms with van der Waals surface area (Å²) in [5.74, 6) is 0.586. The minimum atomic E-state index is 0.586. The molecular weight excluding hydrogens is 256 g/mol. The van der Waals surface area contributed by atoms with Gasteiger partial charge in [0.25, 0.3) is 0 Å². The van der Waals surface area contributed by atoms with Crippen LogP contribution in [0.15, 0.2) is 30.5 Å². The highest BCUT2D eigenvalue weighted by atomic mass is 15.2. The van der Waals surface area contributed by atoms with E-state index in [0.717, 1.165) is 12.6 Å². The highest BCUT2D eigenvalue weighted by molar-refractivity contribution is 5.93. The molecule has 4 rings (SSSR count). The summed E-state index contributed by atoms with van der Waals surface area (Å²) in [7, 11) is 0. The monoisotopic (exact) mass is 280 g/mol. The lowest BCUT2D eigenvalue weighted by Gasteiger charge is -2.29. The first-order valence-corrected chi connectivity index (χ1v) is 8.27. The number of benzene rings is 1. The number of fused-ring (bicyclic) bond motifs is 2. The van der Waals surface area contributed by atoms with Crippen LogP contribution >= 0.6 is 0 Å². The summed E-state index contributed by atoms with van der Waals surface area (Å²) in [6.07, 6.45) is 8.63. The Morgan fingerprint density at radius 2 is 2.19 bits per heavy atom. The van der Waals surface area contributed by atoms with Crippen LogP contribution in [-0.2, 0) is 0 Å². The quantitative estimate of drug-likeness (QED) is 0.855. The van der Waals surface area contributed by atoms with E-state index in [-0.39, 0.29) is 0 Å². The van der Waals surface area contributed by atoms with Gasteiger partial charge in [-0.15, -0.1) is 0 Å². The van der Waals surface area contributed by atoms with Gasteiger partial charge < -0.3 is 4.98 Å². The van der Waals surface area contributed by atoms with Crippen molar-refractivity contribution in [2.75, 3.05) is 13.1 Å². The van der Waals surface area contributed by atoms with Crippen LogP contribution in [0.3, 0.4) is 0 Å². The molecule has 2 aliphatic rings. The molecule has 0 amide bonds. The van der Waals surface area contributed by atoms with Crippen LogP contribution in [-0.4, -0.2) is 29.0 Å². The van der Waals surface area contributed by atoms with Crippen LogP contribution < -0.4 is 0 Å². The molecule has 0 bridgehead atoms. The zero-order valence-corrected chi connectivity index (χ0v) is 13.0. The van der Waals surface area contributed by atoms with Crippen molar-refractivity contribution in [1.29, 1.82) is 0 Å². The summed E-state index contributed by atoms with van der Waals surface area (Å²) in [6.45, 7) is 6.96. The van der Waals surface area contributed by atoms with Crippen LogP contribution in [0.4, 0.5) is 0 Å². The van der Waals surface area contributed by atoms with E-state index in [9.17, 15) is 0 Å². The Hall–Kier alpha value is -1.54. The normalized spacial score (nSPS) is 22.8. The molecule has 0 saturated carbocycles. The van der Waals surface area contributed by atoms with Crippen LogP contribution in [0.2, 0.25) is 0 Å². The van der Waals surface area contributed by atoms with Crippen molar-refractivity contribution in [3.63, 3.8) is 0 Å². The number of rotatable bonds is 2. The summed E-state index contributed by atoms with van der Waals surface area (Å²) in [5, 5.41) is 1.40. The molecule has 0 spiro atoms. The fourth-order valence-electron chi connectivity index (χ4n) is 3.91. The van der Waals surface area contributed by atoms with Crippen molar-refractivity contribution in [1.82, 2.24) is 9.88 Å². The van der Waals surface area contributed by atoms with Gasteiger partial charge in [0.15, 0.2) is 0 Å². The summed E-state index contributed by atoms with van der Waals surface area (Å²) < 4.78 is 0. The van der Waals surface area contributed by atoms with Crippen molar-refractivity contribution in [2.45, 2.75) is 45.1 Å². The topological polar surface area (TPSA) is 19.0 Å². The predicted octanol–water partition coefficient (Wildman–Crippen LogP) is 4.54. The van der Waals surface area contributed by atoms with E-state index in [1.54, 1.807) is 5.57 Å². The lowest BCUT2D eigenvalue weighted by Crippen LogP contribution is -2.32. The van der Waals surface area contributed by atoms with Crippen molar-refractivity contribution in [2.24, 2.45) is 0 Å². The number of hydrogen-bond donors (Lipinski definition) is 1. The molecule has 2 nitrogen and oxygen atoms in total. The summed E-state index contributed by atoms with van der Waals surface area (Å²) in [6, 6.07) is 7.65. The molecule has 3 heterocycles. The Labute approximate surface area is 126 Å². The first-order valence-electron chi connectivity index (χ1n) is 8.27. The van der Waals surface area contributed by atoms with E-state index in [1.165, 1.54) is 47.8 Å². The molecule has 1 aromatic heterocycles. The van der Waals surface area contributed by atoms with Gasteiger partial charge in [-0.05, 0) is 55.0 Å². The summed E-state index contributed by atoms with van der Waals surface area (Å²) >= 11 is 0. The average molecular weight is 280 g/mol. The SMILES string of the molecule is CC(C)c1ccc2[nH]cc(C3=CCN4CCC[C@@H]4C3)c2c1. The Kier molecular flexibility index (Phi) is 3.15. The molecular formula is C19H24N2. The Bertz CT molecular complexity index is 693. The van der Waals surface area contributed by atoms with Crippen molar-refractivity contribution >= 4 is 16.5 Å². The third kappa shape index (κ3) is 2.22. The van der Waals surface area contributed by atoms with Crippen molar-refractivity contribution < 1.29 is 0 Å². The fourth-order valence-corrected chi connectivity index (χ4v) is 3.91. The maximum Gasteiger partial charge on any atom is 0.0460 e. The zero-order chi connectivity index (χ0) is 14.4. The van der Waals surface area contributed by atoms with Crippen LogP contribution in [0.1, 0.15) is 50.2 Å². The molecule has 2 aromatic rings. The highest BCUT2D eigenvalue weighted by Crippen LogP contribution is 2.35. The van der Waals surface area contributed by atoms with Crippen LogP contribution in [0.5, 0.6) is 0 Å². The second-order valence-electron chi connectivity index (χ2n) is 6.89. The molecule has 1 aromatic carbocycles. The number of hydrogen-bond acceptors (Lipinski definition) is 1. The van der Waals surface area contributed by atoms with E-state index >= 15 is 0 Å². The largest absolute Gasteiger partial charge is 0.361 e. The molecule has 1 fully saturated rings. The molecule has 1 N–H and O–H groups in total. The predicted molar refractivity (Wildman–Crippen MR) is 89.6 cm³/mol. The second-order valence-corrected chi connectivity index (χ2v) is 6.89. The molecule has 0 aliphatic carbocycles. The smallest absolute Gasteiger partial charge is 0.0460 e. The lowest BCUT2D eigenvalue weighted by atomic mass is 9.92. The van der Waals surface area contributed by atoms with E-state index in [0.29, 0.717) is 5.92 Å². The number of aromatic nitrogens is 1. The minimum Gasteiger partial charge on any atom is -0.361 e. The van der Waals surface area contributed by atoms with Crippen molar-refractivity contribution in [3.8, 4) is 0 Å². The van der Waals surface area contributed by atoms with Gasteiger partial charge in [0, 0.05) is 35.2 Å². The van der Waals surface area contributed by atoms with Gasteiger partial charge in [0.1, 0.15) is 0 Å². The maximum absolute atomic E-state index is 3.46. The number of nitrogens with zero attached hydrogens (tertiary/aromatic N) is 1. The van der Waals surface area contributed by atoms with Crippen LogP contribution in [0, 0.1) is 0 Å². The Balaban J connectivity index is 1.74. The zero-order valence-electron chi connectivity index (χ0n) is 13.0. The molecule has 0 unspecified atom stereocenters. The Morgan fingerprint density at radius 1 is 1.29 bits per heavy atom. The van der Waals surface area contributed by atoms with Crippen LogP contribution in [0.25, 0.3) is 16.5 Å². The molecule has 1 atom stereocenters. The molecule has 1 saturated heterocycles. The average Bonchev–Trinajstić information content (AvgIpc) is 3.12. The Morgan fingerprint density at radius 3 is 3.05 bits per heavy atom. The van der Waals surface area contributed by atoms with E-state index in [4.69, 9.17) is 0 Å². The van der Waals surface area contributed by atoms with Gasteiger partial charge in [-0.1, -0.05) is 26.0 Å². The van der Waals surface area contributed by atoms with E-state index in [1.807, 2.05) is 0 Å². The molecule has 2 aliphatic heterocycles. The third-order valence-corrected chi connectivity index (χ3v) is 5.25. The number of nitrogens with one attached hydrogen (secondary N) is 1. The summed E-state index contributed by atoms with van der Waals surface area (Å²) in [5.41, 5.74) is 5.68. The molecule has 0 radical (unpaired) electrons. The molecule has 110 valence electrons. The highest BCUT2D eigenvalue weighted by Gasteiger charge is 2.28. The first-order chi connectivity index (χ1) is 10.2. The minimum absolute atomic E-state index is 0.586. The molecule has 21 heavy (non-hydrogen) atoms. The number of aromatic amines is 1. The lowest BCUT2D eigenvalue weighted by molar-refractivity contribution is 0.275. The van der Waals surface area contributed by atoms with E-state index in [2.05, 4.69) is 54.2 Å². The fraction of sp³-hybridized carbons (Fsp3) is 0.474. The van der Waals surface area contributed by atoms with Gasteiger partial charge in [-0.2, -0.15) is 0 Å². The van der Waals surface area contributed by atoms with Gasteiger partial charge >= 0.3 is 0 Å². The van der Waals surface area contributed by atoms with Gasteiger partial charge in [-0.3, -0.25) is 4.90 Å². The summed E-state index contributed by atoms with van der Waals surface area (Å²) in [4.78, 5) is 6.09. The number of H-pyrrole nitrogens is 1.